The Morgan fingerprint density at radius 3 is 1.59 bits per heavy atom. The number of rotatable bonds is 21. The van der Waals surface area contributed by atoms with Crippen LogP contribution < -0.4 is 0 Å². The summed E-state index contributed by atoms with van der Waals surface area (Å²) in [5, 5.41) is 9.24. The highest BCUT2D eigenvalue weighted by molar-refractivity contribution is 5.70. The molecule has 1 atom stereocenters. The van der Waals surface area contributed by atoms with Crippen molar-refractivity contribution in [2.24, 2.45) is 0 Å². The molecular weight excluding hydrogens is 368 g/mol. The summed E-state index contributed by atoms with van der Waals surface area (Å²) in [4.78, 5) is 23.3. The van der Waals surface area contributed by atoms with Crippen molar-refractivity contribution in [2.45, 2.75) is 129 Å². The van der Waals surface area contributed by atoms with Crippen molar-refractivity contribution in [3.8, 4) is 0 Å². The van der Waals surface area contributed by atoms with Crippen LogP contribution in [0.5, 0.6) is 0 Å². The van der Waals surface area contributed by atoms with Crippen LogP contribution in [0.1, 0.15) is 123 Å². The van der Waals surface area contributed by atoms with E-state index in [1.165, 1.54) is 64.2 Å². The molecule has 0 saturated heterocycles. The van der Waals surface area contributed by atoms with E-state index < -0.39 is 6.10 Å². The fourth-order valence-electron chi connectivity index (χ4n) is 3.24. The minimum atomic E-state index is -0.755. The minimum absolute atomic E-state index is 0.0638. The van der Waals surface area contributed by atoms with Gasteiger partial charge in [0.25, 0.3) is 0 Å². The molecule has 0 saturated carbocycles. The number of carbonyl (C=O) groups is 2. The zero-order valence-electron chi connectivity index (χ0n) is 19.1. The molecule has 5 nitrogen and oxygen atoms in total. The van der Waals surface area contributed by atoms with Gasteiger partial charge in [-0.15, -0.1) is 0 Å². The van der Waals surface area contributed by atoms with Gasteiger partial charge in [-0.1, -0.05) is 97.3 Å². The molecule has 0 aliphatic rings. The largest absolute Gasteiger partial charge is 0.462 e. The summed E-state index contributed by atoms with van der Waals surface area (Å²) in [7, 11) is 0. The Bertz CT molecular complexity index is 383. The van der Waals surface area contributed by atoms with E-state index in [0.717, 1.165) is 32.1 Å². The van der Waals surface area contributed by atoms with E-state index in [1.54, 1.807) is 0 Å². The fraction of sp³-hybridized carbons (Fsp3) is 0.917. The molecule has 0 radical (unpaired) electrons. The molecule has 0 aliphatic carbocycles. The van der Waals surface area contributed by atoms with Crippen LogP contribution in [0.4, 0.5) is 0 Å². The van der Waals surface area contributed by atoms with Crippen LogP contribution >= 0.6 is 0 Å². The number of esters is 2. The molecule has 1 N–H and O–H groups in total. The first-order valence-corrected chi connectivity index (χ1v) is 12.1. The highest BCUT2D eigenvalue weighted by Crippen LogP contribution is 2.13. The molecule has 29 heavy (non-hydrogen) atoms. The van der Waals surface area contributed by atoms with E-state index in [4.69, 9.17) is 9.47 Å². The lowest BCUT2D eigenvalue weighted by atomic mass is 10.0. The highest BCUT2D eigenvalue weighted by atomic mass is 16.6. The first kappa shape index (κ1) is 27.9. The first-order chi connectivity index (χ1) is 14.1. The number of unbranched alkanes of at least 4 members (excludes halogenated alkanes) is 13. The summed E-state index contributed by atoms with van der Waals surface area (Å²) < 4.78 is 10.2. The van der Waals surface area contributed by atoms with Crippen LogP contribution in [0, 0.1) is 0 Å². The minimum Gasteiger partial charge on any atom is -0.462 e. The number of aliphatic hydroxyl groups excluding tert-OH is 1. The Labute approximate surface area is 178 Å². The number of aliphatic hydroxyl groups is 1. The van der Waals surface area contributed by atoms with Crippen molar-refractivity contribution >= 4 is 11.9 Å². The molecule has 0 aliphatic heterocycles. The Morgan fingerprint density at radius 1 is 0.655 bits per heavy atom. The van der Waals surface area contributed by atoms with Gasteiger partial charge in [-0.3, -0.25) is 9.59 Å². The zero-order valence-corrected chi connectivity index (χ0v) is 19.1. The molecule has 172 valence electrons. The summed E-state index contributed by atoms with van der Waals surface area (Å²) in [5.41, 5.74) is 0. The van der Waals surface area contributed by atoms with Crippen LogP contribution in [0.3, 0.4) is 0 Å². The lowest BCUT2D eigenvalue weighted by Gasteiger charge is -2.15. The number of ether oxygens (including phenoxy) is 2. The Morgan fingerprint density at radius 2 is 1.10 bits per heavy atom. The smallest absolute Gasteiger partial charge is 0.306 e. The summed E-state index contributed by atoms with van der Waals surface area (Å²) in [6.45, 7) is 3.86. The quantitative estimate of drug-likeness (QED) is 0.181. The Balaban J connectivity index is 3.47. The lowest BCUT2D eigenvalue weighted by molar-refractivity contribution is -0.161. The number of hydrogen-bond acceptors (Lipinski definition) is 5. The molecule has 0 spiro atoms. The van der Waals surface area contributed by atoms with Crippen molar-refractivity contribution < 1.29 is 24.2 Å². The average molecular weight is 415 g/mol. The summed E-state index contributed by atoms with van der Waals surface area (Å²) in [6.07, 6.45) is 18.1. The van der Waals surface area contributed by atoms with Gasteiger partial charge < -0.3 is 14.6 Å². The molecule has 0 aromatic heterocycles. The molecule has 0 unspecified atom stereocenters. The van der Waals surface area contributed by atoms with Gasteiger partial charge in [0.2, 0.25) is 0 Å². The third kappa shape index (κ3) is 20.0. The molecule has 0 fully saturated rings. The third-order valence-corrected chi connectivity index (χ3v) is 5.15. The van der Waals surface area contributed by atoms with Crippen molar-refractivity contribution in [1.29, 1.82) is 0 Å². The number of carbonyl (C=O) groups excluding carboxylic acids is 2. The maximum absolute atomic E-state index is 11.8. The van der Waals surface area contributed by atoms with Crippen molar-refractivity contribution in [1.82, 2.24) is 0 Å². The predicted octanol–water partition coefficient (Wildman–Crippen LogP) is 6.11. The molecule has 5 heteroatoms. The van der Waals surface area contributed by atoms with Crippen molar-refractivity contribution in [3.05, 3.63) is 0 Å². The van der Waals surface area contributed by atoms with E-state index in [-0.39, 0.29) is 25.2 Å². The summed E-state index contributed by atoms with van der Waals surface area (Å²) >= 11 is 0. The molecule has 0 bridgehead atoms. The Hall–Kier alpha value is -1.10. The van der Waals surface area contributed by atoms with E-state index in [0.29, 0.717) is 12.8 Å². The second-order valence-corrected chi connectivity index (χ2v) is 8.07. The normalized spacial score (nSPS) is 12.0. The maximum atomic E-state index is 11.8. The second-order valence-electron chi connectivity index (χ2n) is 8.07. The molecule has 0 aromatic rings. The van der Waals surface area contributed by atoms with Gasteiger partial charge in [-0.25, -0.2) is 0 Å². The molecule has 0 aromatic carbocycles. The molecular formula is C24H46O5. The van der Waals surface area contributed by atoms with Crippen molar-refractivity contribution in [2.75, 3.05) is 13.2 Å². The van der Waals surface area contributed by atoms with Gasteiger partial charge in [0.05, 0.1) is 6.61 Å². The second kappa shape index (κ2) is 21.6. The summed E-state index contributed by atoms with van der Waals surface area (Å²) in [6, 6.07) is 0. The zero-order chi connectivity index (χ0) is 21.6. The third-order valence-electron chi connectivity index (χ3n) is 5.15. The van der Waals surface area contributed by atoms with Gasteiger partial charge >= 0.3 is 11.9 Å². The van der Waals surface area contributed by atoms with Gasteiger partial charge in [-0.2, -0.15) is 0 Å². The lowest BCUT2D eigenvalue weighted by Crippen LogP contribution is -2.28. The van der Waals surface area contributed by atoms with Gasteiger partial charge in [0.15, 0.2) is 6.10 Å². The van der Waals surface area contributed by atoms with Crippen molar-refractivity contribution in [3.63, 3.8) is 0 Å². The monoisotopic (exact) mass is 414 g/mol. The highest BCUT2D eigenvalue weighted by Gasteiger charge is 2.15. The molecule has 0 heterocycles. The first-order valence-electron chi connectivity index (χ1n) is 12.1. The molecule has 0 amide bonds. The van der Waals surface area contributed by atoms with Gasteiger partial charge in [0.1, 0.15) is 6.61 Å². The number of hydrogen-bond donors (Lipinski definition) is 1. The maximum Gasteiger partial charge on any atom is 0.306 e. The molecule has 0 rings (SSSR count). The predicted molar refractivity (Wildman–Crippen MR) is 118 cm³/mol. The summed E-state index contributed by atoms with van der Waals surface area (Å²) in [5.74, 6) is -0.630. The van der Waals surface area contributed by atoms with Crippen LogP contribution in [-0.4, -0.2) is 36.4 Å². The standard InChI is InChI=1S/C24H46O5/c1-3-5-7-8-9-10-11-12-13-14-15-16-17-19-23(26)28-21-22(20-25)29-24(27)18-6-4-2/h22,25H,3-21H2,1-2H3/t22-/m0/s1. The fourth-order valence-corrected chi connectivity index (χ4v) is 3.24. The van der Waals surface area contributed by atoms with Crippen LogP contribution in [-0.2, 0) is 19.1 Å². The van der Waals surface area contributed by atoms with E-state index in [9.17, 15) is 14.7 Å². The topological polar surface area (TPSA) is 72.8 Å². The van der Waals surface area contributed by atoms with Gasteiger partial charge in [0, 0.05) is 12.8 Å². The van der Waals surface area contributed by atoms with E-state index >= 15 is 0 Å². The van der Waals surface area contributed by atoms with Crippen LogP contribution in [0.2, 0.25) is 0 Å². The van der Waals surface area contributed by atoms with E-state index in [2.05, 4.69) is 6.92 Å². The Kier molecular flexibility index (Phi) is 20.8. The van der Waals surface area contributed by atoms with E-state index in [1.807, 2.05) is 6.92 Å². The average Bonchev–Trinajstić information content (AvgIpc) is 2.72. The van der Waals surface area contributed by atoms with Gasteiger partial charge in [-0.05, 0) is 12.8 Å². The van der Waals surface area contributed by atoms with Crippen LogP contribution in [0.15, 0.2) is 0 Å². The SMILES string of the molecule is CCCCCCCCCCCCCCCC(=O)OC[C@H](CO)OC(=O)CCCC. The van der Waals surface area contributed by atoms with Crippen LogP contribution in [0.25, 0.3) is 0 Å².